The molecule has 0 saturated heterocycles. The quantitative estimate of drug-likeness (QED) is 0.851. The van der Waals surface area contributed by atoms with Crippen molar-refractivity contribution in [1.82, 2.24) is 5.32 Å². The molecule has 18 heavy (non-hydrogen) atoms. The van der Waals surface area contributed by atoms with Crippen molar-refractivity contribution in [3.05, 3.63) is 34.9 Å². The predicted molar refractivity (Wildman–Crippen MR) is 79.3 cm³/mol. The van der Waals surface area contributed by atoms with E-state index in [9.17, 15) is 0 Å². The molecule has 1 aliphatic rings. The van der Waals surface area contributed by atoms with Crippen LogP contribution in [0.2, 0.25) is 5.02 Å². The van der Waals surface area contributed by atoms with E-state index >= 15 is 0 Å². The van der Waals surface area contributed by atoms with Crippen LogP contribution in [0, 0.1) is 5.92 Å². The Labute approximate surface area is 116 Å². The van der Waals surface area contributed by atoms with Gasteiger partial charge in [0.15, 0.2) is 0 Å². The van der Waals surface area contributed by atoms with Gasteiger partial charge in [-0.3, -0.25) is 0 Å². The van der Waals surface area contributed by atoms with Crippen LogP contribution < -0.4 is 5.32 Å². The molecule has 1 aromatic carbocycles. The summed E-state index contributed by atoms with van der Waals surface area (Å²) in [4.78, 5) is 0. The molecule has 0 aromatic heterocycles. The van der Waals surface area contributed by atoms with Crippen LogP contribution in [0.15, 0.2) is 24.3 Å². The Morgan fingerprint density at radius 3 is 2.33 bits per heavy atom. The molecule has 0 aliphatic heterocycles. The van der Waals surface area contributed by atoms with E-state index in [-0.39, 0.29) is 5.54 Å². The number of hydrogen-bond acceptors (Lipinski definition) is 1. The molecular weight excluding hydrogens is 242 g/mol. The minimum absolute atomic E-state index is 0.181. The first-order chi connectivity index (χ1) is 8.37. The first-order valence-electron chi connectivity index (χ1n) is 6.88. The Morgan fingerprint density at radius 1 is 1.28 bits per heavy atom. The third-order valence-corrected chi connectivity index (χ3v) is 4.33. The largest absolute Gasteiger partial charge is 0.311 e. The summed E-state index contributed by atoms with van der Waals surface area (Å²) in [5.41, 5.74) is 1.96. The van der Waals surface area contributed by atoms with Crippen molar-refractivity contribution in [2.75, 3.05) is 6.54 Å². The lowest BCUT2D eigenvalue weighted by molar-refractivity contribution is 0.388. The summed E-state index contributed by atoms with van der Waals surface area (Å²) in [5, 5.41) is 4.49. The number of hydrogen-bond donors (Lipinski definition) is 1. The molecule has 0 bridgehead atoms. The lowest BCUT2D eigenvalue weighted by atomic mass is 9.91. The SMILES string of the molecule is CCC1CC1(CNC(C)(C)C)c1ccc(Cl)cc1. The summed E-state index contributed by atoms with van der Waals surface area (Å²) in [7, 11) is 0. The molecule has 1 nitrogen and oxygen atoms in total. The van der Waals surface area contributed by atoms with Crippen molar-refractivity contribution in [2.45, 2.75) is 51.5 Å². The molecule has 1 fully saturated rings. The van der Waals surface area contributed by atoms with Gasteiger partial charge in [0.25, 0.3) is 0 Å². The van der Waals surface area contributed by atoms with Crippen LogP contribution in [-0.4, -0.2) is 12.1 Å². The van der Waals surface area contributed by atoms with Crippen LogP contribution in [-0.2, 0) is 5.41 Å². The minimum atomic E-state index is 0.181. The van der Waals surface area contributed by atoms with Gasteiger partial charge in [0.05, 0.1) is 0 Å². The second-order valence-corrected chi connectivity index (χ2v) is 7.01. The minimum Gasteiger partial charge on any atom is -0.311 e. The van der Waals surface area contributed by atoms with Crippen molar-refractivity contribution in [1.29, 1.82) is 0 Å². The van der Waals surface area contributed by atoms with E-state index in [4.69, 9.17) is 11.6 Å². The van der Waals surface area contributed by atoms with Crippen molar-refractivity contribution in [3.8, 4) is 0 Å². The Kier molecular flexibility index (Phi) is 3.75. The summed E-state index contributed by atoms with van der Waals surface area (Å²) in [6.45, 7) is 10.0. The van der Waals surface area contributed by atoms with Gasteiger partial charge in [-0.25, -0.2) is 0 Å². The Morgan fingerprint density at radius 2 is 1.89 bits per heavy atom. The van der Waals surface area contributed by atoms with E-state index in [0.29, 0.717) is 5.41 Å². The summed E-state index contributed by atoms with van der Waals surface area (Å²) >= 11 is 5.99. The zero-order valence-electron chi connectivity index (χ0n) is 11.9. The summed E-state index contributed by atoms with van der Waals surface area (Å²) < 4.78 is 0. The zero-order valence-corrected chi connectivity index (χ0v) is 12.6. The molecule has 0 radical (unpaired) electrons. The average molecular weight is 266 g/mol. The van der Waals surface area contributed by atoms with Gasteiger partial charge in [-0.2, -0.15) is 0 Å². The van der Waals surface area contributed by atoms with Crippen LogP contribution >= 0.6 is 11.6 Å². The normalized spacial score (nSPS) is 27.3. The van der Waals surface area contributed by atoms with E-state index in [2.05, 4.69) is 45.1 Å². The Balaban J connectivity index is 2.16. The van der Waals surface area contributed by atoms with Gasteiger partial charge < -0.3 is 5.32 Å². The summed E-state index contributed by atoms with van der Waals surface area (Å²) in [5.74, 6) is 0.813. The molecule has 2 rings (SSSR count). The van der Waals surface area contributed by atoms with E-state index in [1.807, 2.05) is 12.1 Å². The van der Waals surface area contributed by atoms with Crippen LogP contribution in [0.5, 0.6) is 0 Å². The lowest BCUT2D eigenvalue weighted by Crippen LogP contribution is -2.41. The van der Waals surface area contributed by atoms with Crippen molar-refractivity contribution in [2.24, 2.45) is 5.92 Å². The molecule has 0 heterocycles. The average Bonchev–Trinajstić information content (AvgIpc) is 3.02. The van der Waals surface area contributed by atoms with E-state index in [1.165, 1.54) is 18.4 Å². The molecule has 2 atom stereocenters. The third kappa shape index (κ3) is 2.89. The van der Waals surface area contributed by atoms with E-state index in [1.54, 1.807) is 0 Å². The number of nitrogens with one attached hydrogen (secondary N) is 1. The van der Waals surface area contributed by atoms with Crippen LogP contribution in [0.4, 0.5) is 0 Å². The van der Waals surface area contributed by atoms with Gasteiger partial charge in [-0.05, 0) is 50.8 Å². The van der Waals surface area contributed by atoms with E-state index in [0.717, 1.165) is 17.5 Å². The maximum Gasteiger partial charge on any atom is 0.0406 e. The molecule has 0 amide bonds. The fourth-order valence-corrected chi connectivity index (χ4v) is 2.92. The number of benzene rings is 1. The summed E-state index contributed by atoms with van der Waals surface area (Å²) in [6.07, 6.45) is 2.56. The first-order valence-corrected chi connectivity index (χ1v) is 7.26. The molecule has 1 aliphatic carbocycles. The second kappa shape index (κ2) is 4.86. The fourth-order valence-electron chi connectivity index (χ4n) is 2.79. The third-order valence-electron chi connectivity index (χ3n) is 4.08. The standard InChI is InChI=1S/C16H24ClN/c1-5-12-10-16(12,11-18-15(2,3)4)13-6-8-14(17)9-7-13/h6-9,12,18H,5,10-11H2,1-4H3. The van der Waals surface area contributed by atoms with Gasteiger partial charge in [0.2, 0.25) is 0 Å². The molecule has 100 valence electrons. The van der Waals surface area contributed by atoms with Gasteiger partial charge in [0.1, 0.15) is 0 Å². The monoisotopic (exact) mass is 265 g/mol. The van der Waals surface area contributed by atoms with Gasteiger partial charge in [-0.15, -0.1) is 0 Å². The maximum atomic E-state index is 5.99. The molecule has 1 saturated carbocycles. The molecule has 2 heteroatoms. The number of rotatable bonds is 4. The summed E-state index contributed by atoms with van der Waals surface area (Å²) in [6, 6.07) is 8.42. The smallest absolute Gasteiger partial charge is 0.0406 e. The van der Waals surface area contributed by atoms with Crippen molar-refractivity contribution in [3.63, 3.8) is 0 Å². The highest BCUT2D eigenvalue weighted by atomic mass is 35.5. The zero-order chi connectivity index (χ0) is 13.4. The van der Waals surface area contributed by atoms with Gasteiger partial charge in [-0.1, -0.05) is 37.1 Å². The Bertz CT molecular complexity index is 404. The van der Waals surface area contributed by atoms with Crippen LogP contribution in [0.3, 0.4) is 0 Å². The fraction of sp³-hybridized carbons (Fsp3) is 0.625. The van der Waals surface area contributed by atoms with Crippen molar-refractivity contribution < 1.29 is 0 Å². The molecule has 1 N–H and O–H groups in total. The van der Waals surface area contributed by atoms with Crippen LogP contribution in [0.25, 0.3) is 0 Å². The predicted octanol–water partition coefficient (Wildman–Crippen LogP) is 4.40. The highest BCUT2D eigenvalue weighted by Gasteiger charge is 2.53. The Hall–Kier alpha value is -0.530. The highest BCUT2D eigenvalue weighted by molar-refractivity contribution is 6.30. The lowest BCUT2D eigenvalue weighted by Gasteiger charge is -2.26. The number of halogens is 1. The molecular formula is C16H24ClN. The van der Waals surface area contributed by atoms with Crippen LogP contribution in [0.1, 0.15) is 46.1 Å². The topological polar surface area (TPSA) is 12.0 Å². The second-order valence-electron chi connectivity index (χ2n) is 6.58. The highest BCUT2D eigenvalue weighted by Crippen LogP contribution is 2.55. The van der Waals surface area contributed by atoms with Gasteiger partial charge in [0, 0.05) is 22.5 Å². The van der Waals surface area contributed by atoms with Crippen molar-refractivity contribution >= 4 is 11.6 Å². The first kappa shape index (κ1) is 13.9. The van der Waals surface area contributed by atoms with Gasteiger partial charge >= 0.3 is 0 Å². The molecule has 0 spiro atoms. The van der Waals surface area contributed by atoms with E-state index < -0.39 is 0 Å². The molecule has 2 unspecified atom stereocenters. The maximum absolute atomic E-state index is 5.99. The molecule has 1 aromatic rings.